The van der Waals surface area contributed by atoms with Gasteiger partial charge < -0.3 is 10.1 Å². The van der Waals surface area contributed by atoms with Gasteiger partial charge in [-0.1, -0.05) is 48.5 Å². The lowest BCUT2D eigenvalue weighted by Crippen LogP contribution is -2.15. The van der Waals surface area contributed by atoms with Crippen LogP contribution in [0.3, 0.4) is 0 Å². The third-order valence-corrected chi connectivity index (χ3v) is 4.97. The Morgan fingerprint density at radius 2 is 1.62 bits per heavy atom. The largest absolute Gasteiger partial charge is 0.462 e. The quantitative estimate of drug-likeness (QED) is 0.636. The second kappa shape index (κ2) is 7.97. The molecular weight excluding hydrogens is 346 g/mol. The van der Waals surface area contributed by atoms with Gasteiger partial charge >= 0.3 is 5.97 Å². The molecule has 26 heavy (non-hydrogen) atoms. The standard InChI is InChI=1S/C21H19NO3S/c1-3-25-21(24)19-18(22-20(23)16-12-8-5-9-13-16)17(14(2)26-19)15-10-6-4-7-11-15/h4-13H,3H2,1-2H3,(H,22,23). The molecule has 0 saturated heterocycles. The van der Waals surface area contributed by atoms with Gasteiger partial charge in [-0.2, -0.15) is 0 Å². The SMILES string of the molecule is CCOC(=O)c1sc(C)c(-c2ccccc2)c1NC(=O)c1ccccc1. The van der Waals surface area contributed by atoms with E-state index in [2.05, 4.69) is 5.32 Å². The van der Waals surface area contributed by atoms with Crippen molar-refractivity contribution in [3.63, 3.8) is 0 Å². The summed E-state index contributed by atoms with van der Waals surface area (Å²) in [5.41, 5.74) is 2.83. The maximum Gasteiger partial charge on any atom is 0.350 e. The summed E-state index contributed by atoms with van der Waals surface area (Å²) in [6, 6.07) is 18.6. The summed E-state index contributed by atoms with van der Waals surface area (Å²) in [6.45, 7) is 3.98. The highest BCUT2D eigenvalue weighted by Crippen LogP contribution is 2.41. The molecule has 1 amide bonds. The molecule has 3 rings (SSSR count). The minimum atomic E-state index is -0.425. The highest BCUT2D eigenvalue weighted by molar-refractivity contribution is 7.15. The molecule has 0 aliphatic heterocycles. The van der Waals surface area contributed by atoms with E-state index in [1.165, 1.54) is 11.3 Å². The van der Waals surface area contributed by atoms with Crippen LogP contribution in [-0.4, -0.2) is 18.5 Å². The van der Waals surface area contributed by atoms with Gasteiger partial charge in [0.2, 0.25) is 0 Å². The Morgan fingerprint density at radius 3 is 2.23 bits per heavy atom. The number of rotatable bonds is 5. The summed E-state index contributed by atoms with van der Waals surface area (Å²) >= 11 is 1.33. The van der Waals surface area contributed by atoms with Crippen LogP contribution in [0.15, 0.2) is 60.7 Å². The molecule has 0 spiro atoms. The number of carbonyl (C=O) groups is 2. The number of aryl methyl sites for hydroxylation is 1. The van der Waals surface area contributed by atoms with Gasteiger partial charge in [0, 0.05) is 16.0 Å². The molecule has 0 saturated carbocycles. The summed E-state index contributed by atoms with van der Waals surface area (Å²) in [4.78, 5) is 26.5. The summed E-state index contributed by atoms with van der Waals surface area (Å²) in [7, 11) is 0. The van der Waals surface area contributed by atoms with Gasteiger partial charge in [-0.3, -0.25) is 4.79 Å². The minimum Gasteiger partial charge on any atom is -0.462 e. The lowest BCUT2D eigenvalue weighted by molar-refractivity contribution is 0.0533. The number of carbonyl (C=O) groups excluding carboxylic acids is 2. The fourth-order valence-corrected chi connectivity index (χ4v) is 3.76. The van der Waals surface area contributed by atoms with Gasteiger partial charge in [0.05, 0.1) is 12.3 Å². The lowest BCUT2D eigenvalue weighted by Gasteiger charge is -2.10. The van der Waals surface area contributed by atoms with Gasteiger partial charge in [0.15, 0.2) is 0 Å². The molecule has 1 heterocycles. The molecule has 2 aromatic carbocycles. The highest BCUT2D eigenvalue weighted by atomic mass is 32.1. The molecule has 0 aliphatic rings. The summed E-state index contributed by atoms with van der Waals surface area (Å²) in [6.07, 6.45) is 0. The Morgan fingerprint density at radius 1 is 1.00 bits per heavy atom. The first-order valence-electron chi connectivity index (χ1n) is 8.34. The van der Waals surface area contributed by atoms with Crippen LogP contribution in [0.25, 0.3) is 11.1 Å². The minimum absolute atomic E-state index is 0.258. The number of hydrogen-bond donors (Lipinski definition) is 1. The number of amides is 1. The molecule has 0 unspecified atom stereocenters. The van der Waals surface area contributed by atoms with Crippen molar-refractivity contribution in [2.75, 3.05) is 11.9 Å². The normalized spacial score (nSPS) is 10.4. The van der Waals surface area contributed by atoms with Crippen LogP contribution in [0.2, 0.25) is 0 Å². The molecule has 0 fully saturated rings. The predicted octanol–water partition coefficient (Wildman–Crippen LogP) is 5.15. The number of esters is 1. The fourth-order valence-electron chi connectivity index (χ4n) is 2.73. The van der Waals surface area contributed by atoms with E-state index in [9.17, 15) is 9.59 Å². The van der Waals surface area contributed by atoms with Crippen molar-refractivity contribution in [3.05, 3.63) is 76.0 Å². The molecule has 1 N–H and O–H groups in total. The Bertz CT molecular complexity index is 917. The number of nitrogens with one attached hydrogen (secondary N) is 1. The van der Waals surface area contributed by atoms with E-state index < -0.39 is 5.97 Å². The number of hydrogen-bond acceptors (Lipinski definition) is 4. The molecule has 3 aromatic rings. The summed E-state index contributed by atoms with van der Waals surface area (Å²) in [5.74, 6) is -0.683. The Labute approximate surface area is 156 Å². The Hall–Kier alpha value is -2.92. The smallest absolute Gasteiger partial charge is 0.350 e. The molecule has 5 heteroatoms. The van der Waals surface area contributed by atoms with Crippen LogP contribution >= 0.6 is 11.3 Å². The molecule has 4 nitrogen and oxygen atoms in total. The van der Waals surface area contributed by atoms with E-state index in [4.69, 9.17) is 4.74 Å². The van der Waals surface area contributed by atoms with Crippen molar-refractivity contribution in [2.45, 2.75) is 13.8 Å². The molecule has 0 radical (unpaired) electrons. The van der Waals surface area contributed by atoms with Crippen LogP contribution in [-0.2, 0) is 4.74 Å². The molecule has 1 aromatic heterocycles. The lowest BCUT2D eigenvalue weighted by atomic mass is 10.0. The second-order valence-electron chi connectivity index (χ2n) is 5.64. The number of benzene rings is 2. The van der Waals surface area contributed by atoms with Crippen LogP contribution in [0.5, 0.6) is 0 Å². The van der Waals surface area contributed by atoms with Gasteiger partial charge in [0.25, 0.3) is 5.91 Å². The van der Waals surface area contributed by atoms with Crippen LogP contribution < -0.4 is 5.32 Å². The molecule has 132 valence electrons. The third kappa shape index (κ3) is 3.68. The average Bonchev–Trinajstić information content (AvgIpc) is 2.99. The van der Waals surface area contributed by atoms with Crippen molar-refractivity contribution < 1.29 is 14.3 Å². The highest BCUT2D eigenvalue weighted by Gasteiger charge is 2.24. The maximum absolute atomic E-state index is 12.7. The van der Waals surface area contributed by atoms with Crippen LogP contribution in [0, 0.1) is 6.92 Å². The zero-order valence-electron chi connectivity index (χ0n) is 14.6. The van der Waals surface area contributed by atoms with Crippen LogP contribution in [0.1, 0.15) is 31.8 Å². The van der Waals surface area contributed by atoms with E-state index in [0.717, 1.165) is 16.0 Å². The first-order valence-corrected chi connectivity index (χ1v) is 9.15. The van der Waals surface area contributed by atoms with Gasteiger partial charge in [0.1, 0.15) is 4.88 Å². The zero-order valence-corrected chi connectivity index (χ0v) is 15.4. The average molecular weight is 365 g/mol. The summed E-state index contributed by atoms with van der Waals surface area (Å²) in [5, 5.41) is 2.92. The molecule has 0 bridgehead atoms. The van der Waals surface area contributed by atoms with Gasteiger partial charge in [-0.15, -0.1) is 11.3 Å². The van der Waals surface area contributed by atoms with Crippen molar-refractivity contribution >= 4 is 28.9 Å². The van der Waals surface area contributed by atoms with E-state index in [-0.39, 0.29) is 12.5 Å². The fraction of sp³-hybridized carbons (Fsp3) is 0.143. The van der Waals surface area contributed by atoms with E-state index in [0.29, 0.717) is 16.1 Å². The van der Waals surface area contributed by atoms with Crippen LogP contribution in [0.4, 0.5) is 5.69 Å². The van der Waals surface area contributed by atoms with Crippen molar-refractivity contribution in [1.29, 1.82) is 0 Å². The molecular formula is C21H19NO3S. The number of anilines is 1. The number of ether oxygens (including phenoxy) is 1. The van der Waals surface area contributed by atoms with Gasteiger partial charge in [-0.25, -0.2) is 4.79 Å². The predicted molar refractivity (Wildman–Crippen MR) is 105 cm³/mol. The van der Waals surface area contributed by atoms with E-state index >= 15 is 0 Å². The zero-order chi connectivity index (χ0) is 18.5. The topological polar surface area (TPSA) is 55.4 Å². The van der Waals surface area contributed by atoms with Crippen molar-refractivity contribution in [3.8, 4) is 11.1 Å². The third-order valence-electron chi connectivity index (χ3n) is 3.88. The summed E-state index contributed by atoms with van der Waals surface area (Å²) < 4.78 is 5.18. The first kappa shape index (κ1) is 17.9. The molecule has 0 aliphatic carbocycles. The first-order chi connectivity index (χ1) is 12.6. The number of thiophene rings is 1. The maximum atomic E-state index is 12.7. The van der Waals surface area contributed by atoms with E-state index in [1.54, 1.807) is 31.2 Å². The van der Waals surface area contributed by atoms with E-state index in [1.807, 2.05) is 43.3 Å². The molecule has 0 atom stereocenters. The van der Waals surface area contributed by atoms with Crippen molar-refractivity contribution in [1.82, 2.24) is 0 Å². The van der Waals surface area contributed by atoms with Gasteiger partial charge in [-0.05, 0) is 31.5 Å². The monoisotopic (exact) mass is 365 g/mol. The van der Waals surface area contributed by atoms with Crippen molar-refractivity contribution in [2.24, 2.45) is 0 Å². The second-order valence-corrected chi connectivity index (χ2v) is 6.87. The Balaban J connectivity index is 2.08. The Kier molecular flexibility index (Phi) is 5.49.